The lowest BCUT2D eigenvalue weighted by molar-refractivity contribution is 0.240. The minimum Gasteiger partial charge on any atom is -0.361 e. The highest BCUT2D eigenvalue weighted by Crippen LogP contribution is 2.24. The summed E-state index contributed by atoms with van der Waals surface area (Å²) in [5, 5.41) is 1.27. The largest absolute Gasteiger partial charge is 0.361 e. The predicted molar refractivity (Wildman–Crippen MR) is 99.7 cm³/mol. The average molecular weight is 336 g/mol. The molecule has 1 aliphatic rings. The van der Waals surface area contributed by atoms with Gasteiger partial charge in [-0.1, -0.05) is 39.0 Å². The highest BCUT2D eigenvalue weighted by atomic mass is 16.1. The smallest absolute Gasteiger partial charge is 0.254 e. The first kappa shape index (κ1) is 16.1. The van der Waals surface area contributed by atoms with E-state index in [2.05, 4.69) is 60.0 Å². The Morgan fingerprint density at radius 3 is 2.84 bits per heavy atom. The lowest BCUT2D eigenvalue weighted by atomic mass is 9.95. The summed E-state index contributed by atoms with van der Waals surface area (Å²) in [6, 6.07) is 8.37. The first-order chi connectivity index (χ1) is 11.9. The predicted octanol–water partition coefficient (Wildman–Crippen LogP) is 3.11. The van der Waals surface area contributed by atoms with Crippen molar-refractivity contribution < 1.29 is 0 Å². The Kier molecular flexibility index (Phi) is 3.76. The van der Waals surface area contributed by atoms with E-state index in [9.17, 15) is 4.79 Å². The maximum atomic E-state index is 12.4. The molecule has 0 fully saturated rings. The van der Waals surface area contributed by atoms with Gasteiger partial charge in [-0.3, -0.25) is 9.69 Å². The van der Waals surface area contributed by atoms with Crippen LogP contribution in [0.4, 0.5) is 0 Å². The van der Waals surface area contributed by atoms with Crippen molar-refractivity contribution in [3.63, 3.8) is 0 Å². The maximum absolute atomic E-state index is 12.4. The molecule has 1 aromatic carbocycles. The molecule has 0 spiro atoms. The highest BCUT2D eigenvalue weighted by molar-refractivity contribution is 5.82. The van der Waals surface area contributed by atoms with E-state index in [0.717, 1.165) is 43.1 Å². The van der Waals surface area contributed by atoms with Gasteiger partial charge in [-0.05, 0) is 18.1 Å². The Balaban J connectivity index is 1.62. The summed E-state index contributed by atoms with van der Waals surface area (Å²) in [5.41, 5.74) is 4.11. The number of hydrogen-bond acceptors (Lipinski definition) is 3. The highest BCUT2D eigenvalue weighted by Gasteiger charge is 2.25. The molecule has 1 aliphatic heterocycles. The van der Waals surface area contributed by atoms with Crippen molar-refractivity contribution in [2.24, 2.45) is 0 Å². The molecule has 130 valence electrons. The summed E-state index contributed by atoms with van der Waals surface area (Å²) in [6.07, 6.45) is 2.84. The summed E-state index contributed by atoms with van der Waals surface area (Å²) >= 11 is 0. The third-order valence-corrected chi connectivity index (χ3v) is 4.93. The van der Waals surface area contributed by atoms with E-state index in [1.807, 2.05) is 6.07 Å². The average Bonchev–Trinajstić information content (AvgIpc) is 2.97. The van der Waals surface area contributed by atoms with Crippen LogP contribution in [-0.4, -0.2) is 26.4 Å². The summed E-state index contributed by atoms with van der Waals surface area (Å²) in [5.74, 6) is 0.769. The SMILES string of the molecule is CC(C)(C)c1nc2c(c(=O)[nH]1)CCN(Cc1c[nH]c3ccccc13)C2. The summed E-state index contributed by atoms with van der Waals surface area (Å²) in [6.45, 7) is 8.69. The zero-order chi connectivity index (χ0) is 17.6. The molecule has 5 heteroatoms. The van der Waals surface area contributed by atoms with E-state index in [1.54, 1.807) is 0 Å². The number of para-hydroxylation sites is 1. The van der Waals surface area contributed by atoms with Gasteiger partial charge in [-0.15, -0.1) is 0 Å². The fourth-order valence-electron chi connectivity index (χ4n) is 3.49. The van der Waals surface area contributed by atoms with E-state index in [0.29, 0.717) is 0 Å². The fraction of sp³-hybridized carbons (Fsp3) is 0.400. The van der Waals surface area contributed by atoms with Gasteiger partial charge in [0.2, 0.25) is 0 Å². The third kappa shape index (κ3) is 3.00. The number of nitrogens with one attached hydrogen (secondary N) is 2. The minimum atomic E-state index is -0.159. The van der Waals surface area contributed by atoms with Crippen LogP contribution in [0.5, 0.6) is 0 Å². The lowest BCUT2D eigenvalue weighted by Gasteiger charge is -2.28. The summed E-state index contributed by atoms with van der Waals surface area (Å²) < 4.78 is 0. The van der Waals surface area contributed by atoms with Crippen molar-refractivity contribution in [1.29, 1.82) is 0 Å². The van der Waals surface area contributed by atoms with Gasteiger partial charge >= 0.3 is 0 Å². The Bertz CT molecular complexity index is 977. The Labute approximate surface area is 147 Å². The third-order valence-electron chi connectivity index (χ3n) is 4.93. The molecule has 0 radical (unpaired) electrons. The van der Waals surface area contributed by atoms with Crippen LogP contribution in [0.3, 0.4) is 0 Å². The van der Waals surface area contributed by atoms with Crippen molar-refractivity contribution in [3.8, 4) is 0 Å². The minimum absolute atomic E-state index is 0.0293. The number of benzene rings is 1. The van der Waals surface area contributed by atoms with E-state index >= 15 is 0 Å². The number of H-pyrrole nitrogens is 2. The molecule has 0 unspecified atom stereocenters. The molecular weight excluding hydrogens is 312 g/mol. The van der Waals surface area contributed by atoms with Gasteiger partial charge < -0.3 is 9.97 Å². The van der Waals surface area contributed by atoms with Crippen LogP contribution >= 0.6 is 0 Å². The van der Waals surface area contributed by atoms with Gasteiger partial charge in [0.15, 0.2) is 0 Å². The molecule has 0 amide bonds. The van der Waals surface area contributed by atoms with Crippen LogP contribution in [0, 0.1) is 0 Å². The van der Waals surface area contributed by atoms with E-state index < -0.39 is 0 Å². The molecule has 0 aliphatic carbocycles. The molecule has 5 nitrogen and oxygen atoms in total. The van der Waals surface area contributed by atoms with E-state index in [4.69, 9.17) is 4.98 Å². The number of nitrogens with zero attached hydrogens (tertiary/aromatic N) is 2. The van der Waals surface area contributed by atoms with Crippen molar-refractivity contribution >= 4 is 10.9 Å². The molecule has 0 saturated heterocycles. The Morgan fingerprint density at radius 1 is 1.24 bits per heavy atom. The molecule has 0 saturated carbocycles. The van der Waals surface area contributed by atoms with Crippen molar-refractivity contribution in [1.82, 2.24) is 19.9 Å². The summed E-state index contributed by atoms with van der Waals surface area (Å²) in [7, 11) is 0. The van der Waals surface area contributed by atoms with Crippen LogP contribution < -0.4 is 5.56 Å². The molecule has 0 bridgehead atoms. The van der Waals surface area contributed by atoms with Gasteiger partial charge in [0, 0.05) is 47.7 Å². The van der Waals surface area contributed by atoms with Crippen LogP contribution in [0.15, 0.2) is 35.3 Å². The second-order valence-corrected chi connectivity index (χ2v) is 7.91. The van der Waals surface area contributed by atoms with Crippen LogP contribution in [0.25, 0.3) is 10.9 Å². The number of hydrogen-bond donors (Lipinski definition) is 2. The number of aromatic amines is 2. The van der Waals surface area contributed by atoms with Gasteiger partial charge in [0.25, 0.3) is 5.56 Å². The number of fused-ring (bicyclic) bond motifs is 2. The Hall–Kier alpha value is -2.40. The molecular formula is C20H24N4O. The van der Waals surface area contributed by atoms with Gasteiger partial charge in [0.1, 0.15) is 5.82 Å². The second-order valence-electron chi connectivity index (χ2n) is 7.91. The maximum Gasteiger partial charge on any atom is 0.254 e. The van der Waals surface area contributed by atoms with Crippen molar-refractivity contribution in [2.75, 3.05) is 6.54 Å². The quantitative estimate of drug-likeness (QED) is 0.756. The molecule has 25 heavy (non-hydrogen) atoms. The normalized spacial score (nSPS) is 15.5. The number of aromatic nitrogens is 3. The van der Waals surface area contributed by atoms with Crippen LogP contribution in [0.1, 0.15) is 43.4 Å². The molecule has 2 N–H and O–H groups in total. The zero-order valence-corrected chi connectivity index (χ0v) is 15.0. The molecule has 3 heterocycles. The molecule has 2 aromatic heterocycles. The van der Waals surface area contributed by atoms with Crippen LogP contribution in [0.2, 0.25) is 0 Å². The Morgan fingerprint density at radius 2 is 2.04 bits per heavy atom. The fourth-order valence-corrected chi connectivity index (χ4v) is 3.49. The van der Waals surface area contributed by atoms with Crippen LogP contribution in [-0.2, 0) is 24.9 Å². The zero-order valence-electron chi connectivity index (χ0n) is 15.0. The first-order valence-corrected chi connectivity index (χ1v) is 8.82. The molecule has 0 atom stereocenters. The molecule has 4 rings (SSSR count). The van der Waals surface area contributed by atoms with E-state index in [-0.39, 0.29) is 11.0 Å². The first-order valence-electron chi connectivity index (χ1n) is 8.82. The monoisotopic (exact) mass is 336 g/mol. The van der Waals surface area contributed by atoms with Gasteiger partial charge in [-0.25, -0.2) is 4.98 Å². The van der Waals surface area contributed by atoms with Crippen molar-refractivity contribution in [3.05, 3.63) is 63.5 Å². The standard InChI is InChI=1S/C20H24N4O/c1-20(2,3)19-22-17-12-24(9-8-15(17)18(25)23-19)11-13-10-21-16-7-5-4-6-14(13)16/h4-7,10,21H,8-9,11-12H2,1-3H3,(H,22,23,25). The van der Waals surface area contributed by atoms with Gasteiger partial charge in [-0.2, -0.15) is 0 Å². The lowest BCUT2D eigenvalue weighted by Crippen LogP contribution is -2.36. The molecule has 3 aromatic rings. The van der Waals surface area contributed by atoms with E-state index in [1.165, 1.54) is 16.5 Å². The van der Waals surface area contributed by atoms with Gasteiger partial charge in [0.05, 0.1) is 5.69 Å². The summed E-state index contributed by atoms with van der Waals surface area (Å²) in [4.78, 5) is 25.9. The van der Waals surface area contributed by atoms with Crippen molar-refractivity contribution in [2.45, 2.75) is 45.7 Å². The topological polar surface area (TPSA) is 64.8 Å². The second kappa shape index (κ2) is 5.85. The number of rotatable bonds is 2.